The number of carbonyl (C=O) groups excluding carboxylic acids is 2. The number of nitrogens with zero attached hydrogens (tertiary/aromatic N) is 2. The number of anilines is 1. The van der Waals surface area contributed by atoms with Crippen LogP contribution in [-0.2, 0) is 26.0 Å². The Balaban J connectivity index is 2.00. The van der Waals surface area contributed by atoms with E-state index in [9.17, 15) is 18.0 Å². The summed E-state index contributed by atoms with van der Waals surface area (Å²) < 4.78 is 34.8. The summed E-state index contributed by atoms with van der Waals surface area (Å²) in [5, 5.41) is 2.96. The van der Waals surface area contributed by atoms with Crippen molar-refractivity contribution in [1.82, 2.24) is 10.2 Å². The largest absolute Gasteiger partial charge is 0.494 e. The maximum absolute atomic E-state index is 14.1. The second-order valence-corrected chi connectivity index (χ2v) is 12.7. The second-order valence-electron chi connectivity index (χ2n) is 10.0. The Morgan fingerprint density at radius 2 is 1.60 bits per heavy atom. The van der Waals surface area contributed by atoms with Crippen LogP contribution in [0.15, 0.2) is 88.7 Å². The molecule has 2 amide bonds. The fourth-order valence-electron chi connectivity index (χ4n) is 4.68. The summed E-state index contributed by atoms with van der Waals surface area (Å²) in [5.74, 6) is -0.0920. The van der Waals surface area contributed by atoms with Gasteiger partial charge in [-0.25, -0.2) is 8.42 Å². The molecule has 0 spiro atoms. The molecule has 10 heteroatoms. The van der Waals surface area contributed by atoms with E-state index in [1.165, 1.54) is 16.7 Å². The quantitative estimate of drug-likeness (QED) is 0.151. The predicted molar refractivity (Wildman–Crippen MR) is 174 cm³/mol. The molecule has 0 fully saturated rings. The molecule has 1 N–H and O–H groups in total. The molecule has 0 saturated carbocycles. The van der Waals surface area contributed by atoms with Crippen LogP contribution in [0.25, 0.3) is 0 Å². The molecule has 0 aliphatic heterocycles. The van der Waals surface area contributed by atoms with E-state index in [0.29, 0.717) is 37.4 Å². The van der Waals surface area contributed by atoms with Gasteiger partial charge >= 0.3 is 0 Å². The Hall–Kier alpha value is -3.50. The average Bonchev–Trinajstić information content (AvgIpc) is 3.03. The van der Waals surface area contributed by atoms with E-state index in [1.54, 1.807) is 48.5 Å². The molecular formula is C33H43N3O5S2. The lowest BCUT2D eigenvalue weighted by Crippen LogP contribution is -2.53. The summed E-state index contributed by atoms with van der Waals surface area (Å²) in [4.78, 5) is 30.0. The number of sulfonamides is 1. The Labute approximate surface area is 260 Å². The van der Waals surface area contributed by atoms with Crippen molar-refractivity contribution in [2.45, 2.75) is 62.3 Å². The van der Waals surface area contributed by atoms with Crippen molar-refractivity contribution in [1.29, 1.82) is 0 Å². The van der Waals surface area contributed by atoms with Gasteiger partial charge in [0.1, 0.15) is 18.3 Å². The van der Waals surface area contributed by atoms with Gasteiger partial charge in [-0.1, -0.05) is 50.6 Å². The summed E-state index contributed by atoms with van der Waals surface area (Å²) in [6.07, 6.45) is 4.60. The monoisotopic (exact) mass is 625 g/mol. The Kier molecular flexibility index (Phi) is 13.4. The molecule has 0 aliphatic rings. The molecule has 8 nitrogen and oxygen atoms in total. The highest BCUT2D eigenvalue weighted by atomic mass is 32.2. The fourth-order valence-corrected chi connectivity index (χ4v) is 6.50. The van der Waals surface area contributed by atoms with Crippen molar-refractivity contribution >= 4 is 39.3 Å². The van der Waals surface area contributed by atoms with Crippen LogP contribution in [0.2, 0.25) is 0 Å². The molecule has 43 heavy (non-hydrogen) atoms. The Bertz CT molecular complexity index is 1400. The van der Waals surface area contributed by atoms with Crippen LogP contribution >= 0.6 is 11.8 Å². The van der Waals surface area contributed by atoms with Gasteiger partial charge in [0, 0.05) is 18.0 Å². The third-order valence-corrected chi connectivity index (χ3v) is 9.59. The number of benzene rings is 3. The molecule has 232 valence electrons. The molecule has 3 aromatic carbocycles. The van der Waals surface area contributed by atoms with E-state index in [4.69, 9.17) is 4.74 Å². The zero-order valence-electron chi connectivity index (χ0n) is 25.5. The Morgan fingerprint density at radius 3 is 2.19 bits per heavy atom. The predicted octanol–water partition coefficient (Wildman–Crippen LogP) is 5.77. The summed E-state index contributed by atoms with van der Waals surface area (Å²) in [5.41, 5.74) is 1.35. The number of hydrogen-bond acceptors (Lipinski definition) is 6. The second kappa shape index (κ2) is 17.0. The van der Waals surface area contributed by atoms with Crippen LogP contribution in [0.3, 0.4) is 0 Å². The molecule has 0 radical (unpaired) electrons. The first-order valence-electron chi connectivity index (χ1n) is 14.8. The number of unbranched alkanes of at least 4 members (excludes halogenated alkanes) is 1. The van der Waals surface area contributed by atoms with Crippen LogP contribution in [0, 0.1) is 0 Å². The van der Waals surface area contributed by atoms with Crippen LogP contribution in [0.4, 0.5) is 5.69 Å². The van der Waals surface area contributed by atoms with Gasteiger partial charge in [-0.2, -0.15) is 0 Å². The zero-order chi connectivity index (χ0) is 31.2. The van der Waals surface area contributed by atoms with E-state index < -0.39 is 28.5 Å². The first-order valence-corrected chi connectivity index (χ1v) is 17.4. The number of rotatable bonds is 17. The van der Waals surface area contributed by atoms with Crippen molar-refractivity contribution in [3.63, 3.8) is 0 Å². The third-order valence-electron chi connectivity index (χ3n) is 7.06. The lowest BCUT2D eigenvalue weighted by atomic mass is 10.1. The maximum atomic E-state index is 14.1. The van der Waals surface area contributed by atoms with Crippen molar-refractivity contribution in [2.75, 3.05) is 36.8 Å². The molecule has 3 aromatic rings. The van der Waals surface area contributed by atoms with Crippen LogP contribution in [-0.4, -0.2) is 63.7 Å². The van der Waals surface area contributed by atoms with Gasteiger partial charge in [0.05, 0.1) is 17.2 Å². The van der Waals surface area contributed by atoms with Gasteiger partial charge in [-0.15, -0.1) is 11.8 Å². The number of amides is 2. The highest BCUT2D eigenvalue weighted by Crippen LogP contribution is 2.28. The molecule has 0 aromatic heterocycles. The van der Waals surface area contributed by atoms with E-state index in [0.717, 1.165) is 27.6 Å². The minimum Gasteiger partial charge on any atom is -0.494 e. The summed E-state index contributed by atoms with van der Waals surface area (Å²) >= 11 is 1.51. The molecule has 1 atom stereocenters. The molecule has 0 heterocycles. The van der Waals surface area contributed by atoms with Gasteiger partial charge in [0.15, 0.2) is 0 Å². The van der Waals surface area contributed by atoms with Gasteiger partial charge < -0.3 is 15.0 Å². The molecule has 0 aliphatic carbocycles. The van der Waals surface area contributed by atoms with E-state index in [-0.39, 0.29) is 17.3 Å². The molecule has 0 saturated heterocycles. The van der Waals surface area contributed by atoms with Crippen molar-refractivity contribution in [3.8, 4) is 5.75 Å². The lowest BCUT2D eigenvalue weighted by molar-refractivity contribution is -0.139. The Morgan fingerprint density at radius 1 is 0.930 bits per heavy atom. The van der Waals surface area contributed by atoms with Gasteiger partial charge in [0.25, 0.3) is 10.0 Å². The van der Waals surface area contributed by atoms with Gasteiger partial charge in [-0.05, 0) is 86.5 Å². The van der Waals surface area contributed by atoms with E-state index in [2.05, 4.69) is 5.32 Å². The van der Waals surface area contributed by atoms with Crippen molar-refractivity contribution < 1.29 is 22.7 Å². The van der Waals surface area contributed by atoms with Gasteiger partial charge in [-0.3, -0.25) is 13.9 Å². The minimum absolute atomic E-state index is 0.0761. The van der Waals surface area contributed by atoms with Crippen LogP contribution in [0.1, 0.15) is 45.6 Å². The molecule has 3 rings (SSSR count). The van der Waals surface area contributed by atoms with Crippen molar-refractivity contribution in [3.05, 3.63) is 84.4 Å². The number of ether oxygens (including phenoxy) is 1. The normalized spacial score (nSPS) is 11.9. The summed E-state index contributed by atoms with van der Waals surface area (Å²) in [6, 6.07) is 22.2. The minimum atomic E-state index is -4.13. The highest BCUT2D eigenvalue weighted by Gasteiger charge is 2.33. The third kappa shape index (κ3) is 9.49. The molecule has 0 unspecified atom stereocenters. The SMILES string of the molecule is CCCCNC(=O)[C@@H](CC)N(CCc1ccccc1)C(=O)CN(c1ccc(OCC)cc1)S(=O)(=O)c1ccc(SC)cc1. The smallest absolute Gasteiger partial charge is 0.264 e. The highest BCUT2D eigenvalue weighted by molar-refractivity contribution is 7.98. The summed E-state index contributed by atoms with van der Waals surface area (Å²) in [7, 11) is -4.13. The summed E-state index contributed by atoms with van der Waals surface area (Å²) in [6.45, 7) is 6.57. The average molecular weight is 626 g/mol. The van der Waals surface area contributed by atoms with Crippen LogP contribution in [0.5, 0.6) is 5.75 Å². The topological polar surface area (TPSA) is 96.0 Å². The zero-order valence-corrected chi connectivity index (χ0v) is 27.1. The standard InChI is InChI=1S/C33H43N3O5S2/c1-5-8-23-34-33(38)31(6-2)35(24-22-26-12-10-9-11-13-26)32(37)25-36(27-14-16-28(17-15-27)41-7-3)43(39,40)30-20-18-29(42-4)19-21-30/h9-21,31H,5-8,22-25H2,1-4H3,(H,34,38)/t31-/m1/s1. The molecule has 0 bridgehead atoms. The number of carbonyl (C=O) groups is 2. The number of thioether (sulfide) groups is 1. The first-order chi connectivity index (χ1) is 20.7. The molecular weight excluding hydrogens is 583 g/mol. The van der Waals surface area contributed by atoms with E-state index >= 15 is 0 Å². The maximum Gasteiger partial charge on any atom is 0.264 e. The number of nitrogens with one attached hydrogen (secondary N) is 1. The van der Waals surface area contributed by atoms with E-state index in [1.807, 2.05) is 57.4 Å². The van der Waals surface area contributed by atoms with Gasteiger partial charge in [0.2, 0.25) is 11.8 Å². The number of hydrogen-bond donors (Lipinski definition) is 1. The first kappa shape index (κ1) is 34.0. The van der Waals surface area contributed by atoms with Crippen LogP contribution < -0.4 is 14.4 Å². The van der Waals surface area contributed by atoms with Crippen molar-refractivity contribution in [2.24, 2.45) is 0 Å². The fraction of sp³-hybridized carbons (Fsp3) is 0.394. The lowest BCUT2D eigenvalue weighted by Gasteiger charge is -2.33.